The van der Waals surface area contributed by atoms with Gasteiger partial charge in [0.15, 0.2) is 0 Å². The van der Waals surface area contributed by atoms with Crippen LogP contribution in [0.3, 0.4) is 0 Å². The Kier molecular flexibility index (Phi) is 7.82. The topological polar surface area (TPSA) is 67.4 Å². The second-order valence-corrected chi connectivity index (χ2v) is 5.28. The summed E-state index contributed by atoms with van der Waals surface area (Å²) in [6, 6.07) is 2.97. The van der Waals surface area contributed by atoms with Gasteiger partial charge in [-0.2, -0.15) is 0 Å². The first-order chi connectivity index (χ1) is 9.93. The molecule has 1 aromatic carbocycles. The van der Waals surface area contributed by atoms with E-state index in [1.54, 1.807) is 6.92 Å². The fourth-order valence-electron chi connectivity index (χ4n) is 1.47. The van der Waals surface area contributed by atoms with E-state index in [-0.39, 0.29) is 34.9 Å². The van der Waals surface area contributed by atoms with Crippen molar-refractivity contribution in [1.82, 2.24) is 5.32 Å². The van der Waals surface area contributed by atoms with Gasteiger partial charge in [0.2, 0.25) is 5.91 Å². The van der Waals surface area contributed by atoms with E-state index in [2.05, 4.69) is 10.6 Å². The molecule has 0 aliphatic heterocycles. The quantitative estimate of drug-likeness (QED) is 0.584. The van der Waals surface area contributed by atoms with Crippen molar-refractivity contribution in [3.63, 3.8) is 0 Å². The molecule has 0 aromatic heterocycles. The lowest BCUT2D eigenvalue weighted by molar-refractivity contribution is -0.143. The number of hydrogen-bond acceptors (Lipinski definition) is 4. The van der Waals surface area contributed by atoms with Gasteiger partial charge in [0, 0.05) is 11.6 Å². The third kappa shape index (κ3) is 6.52. The van der Waals surface area contributed by atoms with Crippen LogP contribution in [-0.4, -0.2) is 31.6 Å². The molecular weight excluding hydrogens is 339 g/mol. The van der Waals surface area contributed by atoms with Crippen molar-refractivity contribution in [3.8, 4) is 0 Å². The van der Waals surface area contributed by atoms with Crippen LogP contribution in [0.5, 0.6) is 0 Å². The smallest absolute Gasteiger partial charge is 0.307 e. The summed E-state index contributed by atoms with van der Waals surface area (Å²) in [6.45, 7) is 2.44. The van der Waals surface area contributed by atoms with E-state index in [0.717, 1.165) is 0 Å². The van der Waals surface area contributed by atoms with Crippen LogP contribution in [0.25, 0.3) is 0 Å². The summed E-state index contributed by atoms with van der Waals surface area (Å²) < 4.78 is 4.76. The molecule has 0 fully saturated rings. The average Bonchev–Trinajstić information content (AvgIpc) is 2.39. The monoisotopic (exact) mass is 352 g/mol. The number of halogens is 3. The number of nitrogens with one attached hydrogen (secondary N) is 2. The van der Waals surface area contributed by atoms with Gasteiger partial charge in [-0.1, -0.05) is 34.8 Å². The number of anilines is 1. The van der Waals surface area contributed by atoms with Gasteiger partial charge in [-0.15, -0.1) is 0 Å². The molecule has 1 rings (SSSR count). The Morgan fingerprint density at radius 1 is 1.19 bits per heavy atom. The van der Waals surface area contributed by atoms with Crippen molar-refractivity contribution >= 4 is 52.4 Å². The first kappa shape index (κ1) is 18.0. The highest BCUT2D eigenvalue weighted by Gasteiger charge is 2.11. The van der Waals surface area contributed by atoms with Crippen molar-refractivity contribution in [2.24, 2.45) is 0 Å². The van der Waals surface area contributed by atoms with Crippen molar-refractivity contribution in [1.29, 1.82) is 0 Å². The van der Waals surface area contributed by atoms with E-state index >= 15 is 0 Å². The highest BCUT2D eigenvalue weighted by atomic mass is 35.5. The Labute approximate surface area is 137 Å². The van der Waals surface area contributed by atoms with Crippen LogP contribution >= 0.6 is 34.8 Å². The zero-order chi connectivity index (χ0) is 15.8. The largest absolute Gasteiger partial charge is 0.466 e. The van der Waals surface area contributed by atoms with Crippen LogP contribution < -0.4 is 10.6 Å². The lowest BCUT2D eigenvalue weighted by atomic mass is 10.3. The fraction of sp³-hybridized carbons (Fsp3) is 0.385. The number of benzene rings is 1. The molecule has 0 aliphatic carbocycles. The zero-order valence-corrected chi connectivity index (χ0v) is 13.6. The van der Waals surface area contributed by atoms with Crippen molar-refractivity contribution in [2.45, 2.75) is 13.3 Å². The lowest BCUT2D eigenvalue weighted by Crippen LogP contribution is -2.30. The second kappa shape index (κ2) is 9.10. The van der Waals surface area contributed by atoms with Gasteiger partial charge >= 0.3 is 5.97 Å². The summed E-state index contributed by atoms with van der Waals surface area (Å²) in [5.74, 6) is -0.640. The minimum atomic E-state index is -0.329. The lowest BCUT2D eigenvalue weighted by Gasteiger charge is -2.10. The predicted octanol–water partition coefficient (Wildman–Crippen LogP) is 3.13. The standard InChI is InChI=1S/C13H15Cl3N2O3/c1-2-21-12(20)3-4-17-7-11(19)18-13-9(15)5-8(14)6-10(13)16/h5-6,17H,2-4,7H2,1H3,(H,18,19). The van der Waals surface area contributed by atoms with Crippen LogP contribution in [0, 0.1) is 0 Å². The number of carbonyl (C=O) groups is 2. The van der Waals surface area contributed by atoms with Gasteiger partial charge in [0.25, 0.3) is 0 Å². The van der Waals surface area contributed by atoms with Crippen molar-refractivity contribution in [2.75, 3.05) is 25.0 Å². The zero-order valence-electron chi connectivity index (χ0n) is 11.3. The molecule has 5 nitrogen and oxygen atoms in total. The molecule has 0 heterocycles. The third-order valence-electron chi connectivity index (χ3n) is 2.37. The maximum absolute atomic E-state index is 11.7. The van der Waals surface area contributed by atoms with Gasteiger partial charge in [0.05, 0.1) is 35.3 Å². The Balaban J connectivity index is 2.39. The summed E-state index contributed by atoms with van der Waals surface area (Å²) in [5.41, 5.74) is 0.305. The van der Waals surface area contributed by atoms with Gasteiger partial charge in [-0.25, -0.2) is 0 Å². The number of ether oxygens (including phenoxy) is 1. The Hall–Kier alpha value is -1.01. The van der Waals surface area contributed by atoms with Crippen molar-refractivity contribution < 1.29 is 14.3 Å². The third-order valence-corrected chi connectivity index (χ3v) is 3.18. The van der Waals surface area contributed by atoms with Crippen LogP contribution in [-0.2, 0) is 14.3 Å². The van der Waals surface area contributed by atoms with Crippen LogP contribution in [0.15, 0.2) is 12.1 Å². The van der Waals surface area contributed by atoms with E-state index in [0.29, 0.717) is 23.9 Å². The van der Waals surface area contributed by atoms with E-state index in [4.69, 9.17) is 39.5 Å². The average molecular weight is 354 g/mol. The first-order valence-corrected chi connectivity index (χ1v) is 7.38. The molecule has 0 saturated heterocycles. The molecule has 116 valence electrons. The summed E-state index contributed by atoms with van der Waals surface area (Å²) in [4.78, 5) is 22.8. The van der Waals surface area contributed by atoms with E-state index in [1.807, 2.05) is 0 Å². The number of hydrogen-bond donors (Lipinski definition) is 2. The molecule has 8 heteroatoms. The molecular formula is C13H15Cl3N2O3. The van der Waals surface area contributed by atoms with Crippen molar-refractivity contribution in [3.05, 3.63) is 27.2 Å². The molecule has 0 spiro atoms. The van der Waals surface area contributed by atoms with E-state index in [1.165, 1.54) is 12.1 Å². The SMILES string of the molecule is CCOC(=O)CCNCC(=O)Nc1c(Cl)cc(Cl)cc1Cl. The van der Waals surface area contributed by atoms with Gasteiger partial charge in [-0.05, 0) is 19.1 Å². The molecule has 21 heavy (non-hydrogen) atoms. The molecule has 0 unspecified atom stereocenters. The molecule has 0 atom stereocenters. The number of esters is 1. The fourth-order valence-corrected chi connectivity index (χ4v) is 2.38. The molecule has 1 amide bonds. The Bertz CT molecular complexity index is 500. The number of rotatable bonds is 7. The normalized spacial score (nSPS) is 10.3. The molecule has 0 aliphatic rings. The van der Waals surface area contributed by atoms with Gasteiger partial charge in [-0.3, -0.25) is 9.59 Å². The minimum Gasteiger partial charge on any atom is -0.466 e. The second-order valence-electron chi connectivity index (χ2n) is 4.02. The highest BCUT2D eigenvalue weighted by Crippen LogP contribution is 2.33. The summed E-state index contributed by atoms with van der Waals surface area (Å²) in [6.07, 6.45) is 0.198. The Morgan fingerprint density at radius 3 is 2.38 bits per heavy atom. The maximum atomic E-state index is 11.7. The van der Waals surface area contributed by atoms with Gasteiger partial charge < -0.3 is 15.4 Å². The summed E-state index contributed by atoms with van der Waals surface area (Å²) in [5, 5.41) is 6.30. The predicted molar refractivity (Wildman–Crippen MR) is 84.2 cm³/mol. The minimum absolute atomic E-state index is 0.0225. The van der Waals surface area contributed by atoms with Crippen LogP contribution in [0.2, 0.25) is 15.1 Å². The number of carbonyl (C=O) groups excluding carboxylic acids is 2. The molecule has 1 aromatic rings. The molecule has 0 radical (unpaired) electrons. The van der Waals surface area contributed by atoms with Crippen LogP contribution in [0.1, 0.15) is 13.3 Å². The maximum Gasteiger partial charge on any atom is 0.307 e. The van der Waals surface area contributed by atoms with E-state index in [9.17, 15) is 9.59 Å². The molecule has 0 saturated carbocycles. The number of amides is 1. The summed E-state index contributed by atoms with van der Waals surface area (Å²) in [7, 11) is 0. The summed E-state index contributed by atoms with van der Waals surface area (Å²) >= 11 is 17.7. The Morgan fingerprint density at radius 2 is 1.81 bits per heavy atom. The first-order valence-electron chi connectivity index (χ1n) is 6.24. The molecule has 0 bridgehead atoms. The van der Waals surface area contributed by atoms with E-state index < -0.39 is 0 Å². The van der Waals surface area contributed by atoms with Gasteiger partial charge in [0.1, 0.15) is 0 Å². The van der Waals surface area contributed by atoms with Crippen LogP contribution in [0.4, 0.5) is 5.69 Å². The molecule has 2 N–H and O–H groups in total. The highest BCUT2D eigenvalue weighted by molar-refractivity contribution is 6.42.